The Morgan fingerprint density at radius 3 is 2.44 bits per heavy atom. The number of pyridine rings is 1. The van der Waals surface area contributed by atoms with E-state index in [2.05, 4.69) is 22.9 Å². The highest BCUT2D eigenvalue weighted by atomic mass is 32.2. The highest BCUT2D eigenvalue weighted by Gasteiger charge is 2.33. The van der Waals surface area contributed by atoms with Gasteiger partial charge in [-0.2, -0.15) is 5.26 Å². The second kappa shape index (κ2) is 10.1. The maximum atomic E-state index is 13.3. The Labute approximate surface area is 209 Å². The van der Waals surface area contributed by atoms with Crippen molar-refractivity contribution in [3.8, 4) is 6.07 Å². The quantitative estimate of drug-likeness (QED) is 0.468. The Morgan fingerprint density at radius 1 is 1.12 bits per heavy atom. The number of nitrogens with zero attached hydrogens (tertiary/aromatic N) is 5. The molecule has 2 aliphatic heterocycles. The van der Waals surface area contributed by atoms with Crippen LogP contribution in [0.15, 0.2) is 40.0 Å². The molecule has 0 N–H and O–H groups in total. The first-order valence-electron chi connectivity index (χ1n) is 11.2. The molecular weight excluding hydrogens is 466 g/mol. The summed E-state index contributed by atoms with van der Waals surface area (Å²) in [5.74, 6) is 0.603. The summed E-state index contributed by atoms with van der Waals surface area (Å²) in [4.78, 5) is 32.7. The van der Waals surface area contributed by atoms with Crippen molar-refractivity contribution in [3.05, 3.63) is 67.8 Å². The molecule has 7 nitrogen and oxygen atoms in total. The normalized spacial score (nSPS) is 18.1. The largest absolute Gasteiger partial charge is 0.355 e. The minimum Gasteiger partial charge on any atom is -0.355 e. The van der Waals surface area contributed by atoms with Gasteiger partial charge in [-0.3, -0.25) is 19.1 Å². The van der Waals surface area contributed by atoms with Gasteiger partial charge in [-0.25, -0.2) is 0 Å². The van der Waals surface area contributed by atoms with Gasteiger partial charge < -0.3 is 9.80 Å². The molecule has 3 heterocycles. The Bertz CT molecular complexity index is 1250. The minimum absolute atomic E-state index is 0.103. The topological polar surface area (TPSA) is 72.6 Å². The number of likely N-dealkylation sites (N-methyl/N-ethyl adjacent to an activating group) is 1. The number of benzene rings is 1. The lowest BCUT2D eigenvalue weighted by molar-refractivity contribution is -0.122. The summed E-state index contributed by atoms with van der Waals surface area (Å²) in [7, 11) is 3.76. The van der Waals surface area contributed by atoms with Gasteiger partial charge in [0.2, 0.25) is 0 Å². The van der Waals surface area contributed by atoms with Gasteiger partial charge in [0.1, 0.15) is 21.8 Å². The van der Waals surface area contributed by atoms with E-state index in [4.69, 9.17) is 12.2 Å². The number of hydrogen-bond donors (Lipinski definition) is 0. The third-order valence-corrected chi connectivity index (χ3v) is 7.76. The number of aromatic nitrogens is 1. The number of anilines is 1. The fraction of sp³-hybridized carbons (Fsp3) is 0.360. The van der Waals surface area contributed by atoms with Crippen molar-refractivity contribution in [2.45, 2.75) is 13.3 Å². The number of piperazine rings is 1. The van der Waals surface area contributed by atoms with Crippen LogP contribution < -0.4 is 10.5 Å². The molecule has 0 aliphatic carbocycles. The zero-order chi connectivity index (χ0) is 24.4. The third-order valence-electron chi connectivity index (χ3n) is 6.39. The second-order valence-corrected chi connectivity index (χ2v) is 10.2. The maximum Gasteiger partial charge on any atom is 0.270 e. The number of hydrogen-bond acceptors (Lipinski definition) is 7. The van der Waals surface area contributed by atoms with Gasteiger partial charge in [-0.15, -0.1) is 0 Å². The van der Waals surface area contributed by atoms with E-state index in [9.17, 15) is 14.9 Å². The molecule has 9 heteroatoms. The van der Waals surface area contributed by atoms with Crippen molar-refractivity contribution < 1.29 is 4.79 Å². The van der Waals surface area contributed by atoms with Crippen LogP contribution >= 0.6 is 24.0 Å². The van der Waals surface area contributed by atoms with Gasteiger partial charge in [0.05, 0.1) is 4.91 Å². The number of thiocarbonyl (C=S) groups is 1. The van der Waals surface area contributed by atoms with Crippen molar-refractivity contribution in [2.24, 2.45) is 7.05 Å². The molecule has 0 saturated carbocycles. The first-order chi connectivity index (χ1) is 16.3. The van der Waals surface area contributed by atoms with Gasteiger partial charge in [-0.05, 0) is 37.6 Å². The molecule has 2 saturated heterocycles. The number of carbonyl (C=O) groups excluding carboxylic acids is 1. The lowest BCUT2D eigenvalue weighted by Crippen LogP contribution is -2.46. The molecule has 0 bridgehead atoms. The Hall–Kier alpha value is -2.93. The molecule has 4 rings (SSSR count). The van der Waals surface area contributed by atoms with Crippen molar-refractivity contribution in [3.63, 3.8) is 0 Å². The van der Waals surface area contributed by atoms with E-state index in [1.165, 1.54) is 11.8 Å². The summed E-state index contributed by atoms with van der Waals surface area (Å²) >= 11 is 6.80. The molecule has 34 heavy (non-hydrogen) atoms. The summed E-state index contributed by atoms with van der Waals surface area (Å²) in [5, 5.41) is 9.65. The Kier molecular flexibility index (Phi) is 7.22. The summed E-state index contributed by atoms with van der Waals surface area (Å²) in [6.45, 7) is 5.54. The molecule has 2 fully saturated rings. The molecule has 0 atom stereocenters. The average Bonchev–Trinajstić information content (AvgIpc) is 3.10. The van der Waals surface area contributed by atoms with Gasteiger partial charge in [0.15, 0.2) is 0 Å². The van der Waals surface area contributed by atoms with Crippen LogP contribution in [-0.2, 0) is 18.3 Å². The average molecular weight is 494 g/mol. The monoisotopic (exact) mass is 493 g/mol. The van der Waals surface area contributed by atoms with E-state index in [1.807, 2.05) is 36.4 Å². The fourth-order valence-electron chi connectivity index (χ4n) is 4.32. The number of carbonyl (C=O) groups is 1. The van der Waals surface area contributed by atoms with Crippen LogP contribution in [-0.4, -0.2) is 64.4 Å². The van der Waals surface area contributed by atoms with E-state index < -0.39 is 0 Å². The molecule has 1 amide bonds. The molecule has 0 radical (unpaired) electrons. The van der Waals surface area contributed by atoms with Crippen LogP contribution in [0, 0.1) is 18.3 Å². The number of rotatable bonds is 5. The summed E-state index contributed by atoms with van der Waals surface area (Å²) < 4.78 is 2.06. The van der Waals surface area contributed by atoms with Gasteiger partial charge in [0, 0.05) is 45.3 Å². The standard InChI is InChI=1S/C25H27N5O2S2/c1-17-19(22(28(3)23(31)20(17)16-26)29-13-11-27(2)12-14-29)15-21-24(32)30(25(33)34-21)10-9-18-7-5-4-6-8-18/h4-8,15H,9-14H2,1-3H3/b21-15-. The van der Waals surface area contributed by atoms with Crippen LogP contribution in [0.2, 0.25) is 0 Å². The molecular formula is C25H27N5O2S2. The van der Waals surface area contributed by atoms with E-state index in [1.54, 1.807) is 23.4 Å². The van der Waals surface area contributed by atoms with Crippen molar-refractivity contribution in [1.29, 1.82) is 5.26 Å². The van der Waals surface area contributed by atoms with E-state index in [0.29, 0.717) is 27.8 Å². The molecule has 0 unspecified atom stereocenters. The van der Waals surface area contributed by atoms with E-state index in [-0.39, 0.29) is 17.0 Å². The molecule has 0 spiro atoms. The molecule has 1 aromatic carbocycles. The fourth-order valence-corrected chi connectivity index (χ4v) is 5.61. The van der Waals surface area contributed by atoms with Gasteiger partial charge in [0.25, 0.3) is 11.5 Å². The molecule has 176 valence electrons. The number of nitriles is 1. The van der Waals surface area contributed by atoms with Crippen molar-refractivity contribution in [2.75, 3.05) is 44.7 Å². The smallest absolute Gasteiger partial charge is 0.270 e. The number of amides is 1. The predicted octanol–water partition coefficient (Wildman–Crippen LogP) is 2.76. The Morgan fingerprint density at radius 2 is 1.79 bits per heavy atom. The van der Waals surface area contributed by atoms with Gasteiger partial charge >= 0.3 is 0 Å². The summed E-state index contributed by atoms with van der Waals surface area (Å²) in [6, 6.07) is 12.1. The van der Waals surface area contributed by atoms with Crippen LogP contribution in [0.25, 0.3) is 6.08 Å². The predicted molar refractivity (Wildman–Crippen MR) is 141 cm³/mol. The minimum atomic E-state index is -0.318. The van der Waals surface area contributed by atoms with Crippen LogP contribution in [0.4, 0.5) is 5.82 Å². The summed E-state index contributed by atoms with van der Waals surface area (Å²) in [6.07, 6.45) is 2.52. The first kappa shape index (κ1) is 24.2. The highest BCUT2D eigenvalue weighted by molar-refractivity contribution is 8.26. The van der Waals surface area contributed by atoms with Crippen molar-refractivity contribution in [1.82, 2.24) is 14.4 Å². The molecule has 1 aromatic heterocycles. The van der Waals surface area contributed by atoms with Crippen LogP contribution in [0.5, 0.6) is 0 Å². The van der Waals surface area contributed by atoms with E-state index in [0.717, 1.165) is 43.1 Å². The first-order valence-corrected chi connectivity index (χ1v) is 12.4. The summed E-state index contributed by atoms with van der Waals surface area (Å²) in [5.41, 5.74) is 2.25. The van der Waals surface area contributed by atoms with Gasteiger partial charge in [-0.1, -0.05) is 54.3 Å². The zero-order valence-electron chi connectivity index (χ0n) is 19.6. The highest BCUT2D eigenvalue weighted by Crippen LogP contribution is 2.36. The third kappa shape index (κ3) is 4.67. The number of thioether (sulfide) groups is 1. The zero-order valence-corrected chi connectivity index (χ0v) is 21.2. The lowest BCUT2D eigenvalue weighted by Gasteiger charge is -2.36. The van der Waals surface area contributed by atoms with Crippen molar-refractivity contribution >= 4 is 46.1 Å². The van der Waals surface area contributed by atoms with Crippen LogP contribution in [0.3, 0.4) is 0 Å². The second-order valence-electron chi connectivity index (χ2n) is 8.57. The maximum absolute atomic E-state index is 13.3. The van der Waals surface area contributed by atoms with Crippen LogP contribution in [0.1, 0.15) is 22.3 Å². The Balaban J connectivity index is 1.71. The SMILES string of the molecule is Cc1c(/C=C2\SC(=S)N(CCc3ccccc3)C2=O)c(N2CCN(C)CC2)n(C)c(=O)c1C#N. The lowest BCUT2D eigenvalue weighted by atomic mass is 10.0. The molecule has 2 aliphatic rings. The molecule has 2 aromatic rings. The van der Waals surface area contributed by atoms with E-state index >= 15 is 0 Å².